The number of nitrogens with zero attached hydrogens (tertiary/aromatic N) is 4. The van der Waals surface area contributed by atoms with Gasteiger partial charge in [0.2, 0.25) is 0 Å². The molecule has 1 unspecified atom stereocenters. The Bertz CT molecular complexity index is 863. The highest BCUT2D eigenvalue weighted by Gasteiger charge is 2.44. The molecule has 10 heteroatoms. The molecule has 2 atom stereocenters. The molecule has 146 valence electrons. The maximum atomic E-state index is 12.2. The van der Waals surface area contributed by atoms with Crippen molar-refractivity contribution in [3.63, 3.8) is 0 Å². The Morgan fingerprint density at radius 2 is 2.15 bits per heavy atom. The van der Waals surface area contributed by atoms with Crippen molar-refractivity contribution < 1.29 is 19.4 Å². The topological polar surface area (TPSA) is 109 Å². The van der Waals surface area contributed by atoms with E-state index in [0.717, 1.165) is 0 Å². The Kier molecular flexibility index (Phi) is 5.25. The van der Waals surface area contributed by atoms with Crippen LogP contribution in [0.1, 0.15) is 27.2 Å². The zero-order valence-electron chi connectivity index (χ0n) is 15.3. The van der Waals surface area contributed by atoms with Crippen LogP contribution in [0.25, 0.3) is 5.65 Å². The number of imidazole rings is 1. The quantitative estimate of drug-likeness (QED) is 0.823. The number of ether oxygens (including phenoxy) is 1. The number of carbonyl (C=O) groups is 2. The zero-order valence-corrected chi connectivity index (χ0v) is 16.1. The lowest BCUT2D eigenvalue weighted by atomic mass is 9.84. The molecule has 0 bridgehead atoms. The Morgan fingerprint density at radius 1 is 1.41 bits per heavy atom. The maximum absolute atomic E-state index is 12.2. The first-order chi connectivity index (χ1) is 12.6. The van der Waals surface area contributed by atoms with Crippen molar-refractivity contribution >= 4 is 35.1 Å². The Hall–Kier alpha value is -2.39. The number of carbonyl (C=O) groups excluding carboxylic acids is 1. The highest BCUT2D eigenvalue weighted by Crippen LogP contribution is 2.34. The maximum Gasteiger partial charge on any atom is 0.407 e. The van der Waals surface area contributed by atoms with Crippen LogP contribution in [0.4, 0.5) is 10.6 Å². The van der Waals surface area contributed by atoms with E-state index >= 15 is 0 Å². The van der Waals surface area contributed by atoms with Crippen LogP contribution < -0.4 is 5.32 Å². The Labute approximate surface area is 161 Å². The van der Waals surface area contributed by atoms with Gasteiger partial charge in [0.15, 0.2) is 11.5 Å². The Balaban J connectivity index is 1.61. The smallest absolute Gasteiger partial charge is 0.407 e. The van der Waals surface area contributed by atoms with Gasteiger partial charge in [-0.15, -0.1) is 0 Å². The van der Waals surface area contributed by atoms with Crippen LogP contribution in [0.5, 0.6) is 0 Å². The molecule has 1 aliphatic heterocycles. The van der Waals surface area contributed by atoms with Crippen LogP contribution in [0.15, 0.2) is 18.3 Å². The van der Waals surface area contributed by atoms with Crippen LogP contribution >= 0.6 is 11.6 Å². The fourth-order valence-electron chi connectivity index (χ4n) is 3.46. The molecule has 1 aliphatic rings. The fraction of sp³-hybridized carbons (Fsp3) is 0.529. The van der Waals surface area contributed by atoms with Gasteiger partial charge in [-0.25, -0.2) is 14.3 Å². The first-order valence-electron chi connectivity index (χ1n) is 8.58. The number of amides is 2. The minimum Gasteiger partial charge on any atom is -0.465 e. The number of nitrogens with one attached hydrogen (secondary N) is 1. The molecule has 1 fully saturated rings. The highest BCUT2D eigenvalue weighted by atomic mass is 35.5. The normalized spacial score (nSPS) is 20.2. The summed E-state index contributed by atoms with van der Waals surface area (Å²) < 4.78 is 7.23. The van der Waals surface area contributed by atoms with Gasteiger partial charge in [-0.3, -0.25) is 4.79 Å². The first-order valence-corrected chi connectivity index (χ1v) is 8.96. The third-order valence-electron chi connectivity index (χ3n) is 4.46. The van der Waals surface area contributed by atoms with Gasteiger partial charge in [0.25, 0.3) is 5.91 Å². The van der Waals surface area contributed by atoms with Gasteiger partial charge in [0, 0.05) is 6.54 Å². The molecule has 0 saturated carbocycles. The van der Waals surface area contributed by atoms with E-state index in [1.54, 1.807) is 18.3 Å². The number of fused-ring (bicyclic) bond motifs is 1. The number of hydrogen-bond acceptors (Lipinski definition) is 5. The van der Waals surface area contributed by atoms with E-state index in [2.05, 4.69) is 15.4 Å². The van der Waals surface area contributed by atoms with Gasteiger partial charge in [-0.05, 0) is 24.0 Å². The lowest BCUT2D eigenvalue weighted by molar-refractivity contribution is -0.123. The summed E-state index contributed by atoms with van der Waals surface area (Å²) >= 11 is 5.83. The van der Waals surface area contributed by atoms with Crippen LogP contribution in [0.2, 0.25) is 5.15 Å². The summed E-state index contributed by atoms with van der Waals surface area (Å²) in [6, 6.07) is 2.98. The predicted octanol–water partition coefficient (Wildman–Crippen LogP) is 2.50. The lowest BCUT2D eigenvalue weighted by Gasteiger charge is -2.36. The van der Waals surface area contributed by atoms with Crippen LogP contribution in [0, 0.1) is 5.41 Å². The third-order valence-corrected chi connectivity index (χ3v) is 4.66. The van der Waals surface area contributed by atoms with Crippen LogP contribution in [-0.4, -0.2) is 61.9 Å². The molecule has 2 N–H and O–H groups in total. The number of anilines is 1. The van der Waals surface area contributed by atoms with Crippen LogP contribution in [0.3, 0.4) is 0 Å². The van der Waals surface area contributed by atoms with Gasteiger partial charge < -0.3 is 20.1 Å². The fourth-order valence-corrected chi connectivity index (χ4v) is 3.60. The average Bonchev–Trinajstić information content (AvgIpc) is 3.15. The molecule has 2 aromatic heterocycles. The predicted molar refractivity (Wildman–Crippen MR) is 99.0 cm³/mol. The number of halogens is 1. The first kappa shape index (κ1) is 19.4. The SMILES string of the molecule is CC(C)(C)[C@@H]1C(OCC(=O)Nc2cn3nc(Cl)ccc3n2)CCN1C(=O)O. The number of aromatic nitrogens is 3. The molecule has 0 spiro atoms. The van der Waals surface area contributed by atoms with Crippen molar-refractivity contribution in [3.05, 3.63) is 23.5 Å². The second-order valence-electron chi connectivity index (χ2n) is 7.56. The largest absolute Gasteiger partial charge is 0.465 e. The second-order valence-corrected chi connectivity index (χ2v) is 7.95. The Morgan fingerprint density at radius 3 is 2.81 bits per heavy atom. The molecule has 3 heterocycles. The van der Waals surface area contributed by atoms with E-state index in [1.165, 1.54) is 9.42 Å². The lowest BCUT2D eigenvalue weighted by Crippen LogP contribution is -2.48. The molecule has 0 aliphatic carbocycles. The number of carboxylic acid groups (broad SMARTS) is 1. The van der Waals surface area contributed by atoms with Crippen molar-refractivity contribution in [2.45, 2.75) is 39.3 Å². The summed E-state index contributed by atoms with van der Waals surface area (Å²) in [5.74, 6) is -0.0322. The van der Waals surface area contributed by atoms with Crippen molar-refractivity contribution in [3.8, 4) is 0 Å². The highest BCUT2D eigenvalue weighted by molar-refractivity contribution is 6.29. The standard InChI is InChI=1S/C17H22ClN5O4/c1-17(2,3)15-10(6-7-22(15)16(25)26)27-9-14(24)20-12-8-23-13(19-12)5-4-11(18)21-23/h4-5,8,10,15H,6-7,9H2,1-3H3,(H,20,24)(H,25,26)/t10?,15-/m0/s1. The third kappa shape index (κ3) is 4.30. The summed E-state index contributed by atoms with van der Waals surface area (Å²) in [6.07, 6.45) is 0.798. The van der Waals surface area contributed by atoms with Crippen molar-refractivity contribution in [1.82, 2.24) is 19.5 Å². The molecule has 3 rings (SSSR count). The molecule has 2 aromatic rings. The van der Waals surface area contributed by atoms with E-state index in [4.69, 9.17) is 16.3 Å². The van der Waals surface area contributed by atoms with Gasteiger partial charge in [-0.2, -0.15) is 5.10 Å². The number of hydrogen-bond donors (Lipinski definition) is 2. The summed E-state index contributed by atoms with van der Waals surface area (Å²) in [5, 5.41) is 16.4. The van der Waals surface area contributed by atoms with E-state index in [1.807, 2.05) is 20.8 Å². The zero-order chi connectivity index (χ0) is 19.8. The van der Waals surface area contributed by atoms with Crippen molar-refractivity contribution in [2.24, 2.45) is 5.41 Å². The monoisotopic (exact) mass is 395 g/mol. The summed E-state index contributed by atoms with van der Waals surface area (Å²) in [6.45, 7) is 6.09. The molecule has 2 amide bonds. The van der Waals surface area contributed by atoms with Gasteiger partial charge in [-0.1, -0.05) is 32.4 Å². The minimum atomic E-state index is -0.971. The molecule has 0 radical (unpaired) electrons. The van der Waals surface area contributed by atoms with Crippen LogP contribution in [-0.2, 0) is 9.53 Å². The molecule has 1 saturated heterocycles. The molecule has 27 heavy (non-hydrogen) atoms. The summed E-state index contributed by atoms with van der Waals surface area (Å²) in [5.41, 5.74) is 0.249. The summed E-state index contributed by atoms with van der Waals surface area (Å²) in [4.78, 5) is 29.3. The molecular formula is C17H22ClN5O4. The minimum absolute atomic E-state index is 0.188. The number of likely N-dealkylation sites (tertiary alicyclic amines) is 1. The molecule has 0 aromatic carbocycles. The van der Waals surface area contributed by atoms with E-state index in [9.17, 15) is 14.7 Å². The van der Waals surface area contributed by atoms with Crippen molar-refractivity contribution in [2.75, 3.05) is 18.5 Å². The number of rotatable bonds is 4. The summed E-state index contributed by atoms with van der Waals surface area (Å²) in [7, 11) is 0. The molecule has 9 nitrogen and oxygen atoms in total. The molecular weight excluding hydrogens is 374 g/mol. The van der Waals surface area contributed by atoms with Crippen molar-refractivity contribution in [1.29, 1.82) is 0 Å². The van der Waals surface area contributed by atoms with E-state index < -0.39 is 6.09 Å². The van der Waals surface area contributed by atoms with Gasteiger partial charge >= 0.3 is 6.09 Å². The van der Waals surface area contributed by atoms with Gasteiger partial charge in [0.1, 0.15) is 11.8 Å². The van der Waals surface area contributed by atoms with E-state index in [0.29, 0.717) is 29.6 Å². The second kappa shape index (κ2) is 7.32. The van der Waals surface area contributed by atoms with Gasteiger partial charge in [0.05, 0.1) is 18.3 Å². The average molecular weight is 396 g/mol. The van der Waals surface area contributed by atoms with E-state index in [-0.39, 0.29) is 30.1 Å².